The van der Waals surface area contributed by atoms with Crippen LogP contribution in [-0.4, -0.2) is 51.7 Å². The Bertz CT molecular complexity index is 633. The van der Waals surface area contributed by atoms with Gasteiger partial charge in [0, 0.05) is 25.9 Å². The second kappa shape index (κ2) is 6.25. The molecular weight excluding hydrogens is 294 g/mol. The summed E-state index contributed by atoms with van der Waals surface area (Å²) in [5.74, 6) is 0.685. The summed E-state index contributed by atoms with van der Waals surface area (Å²) in [6, 6.07) is 10.2. The lowest BCUT2D eigenvalue weighted by Gasteiger charge is -2.43. The molecular formula is C16H21N5O2. The average molecular weight is 315 g/mol. The fraction of sp³-hybridized carbons (Fsp3) is 0.562. The molecule has 1 spiro atoms. The van der Waals surface area contributed by atoms with Gasteiger partial charge in [-0.1, -0.05) is 23.3 Å². The Morgan fingerprint density at radius 1 is 1.13 bits per heavy atom. The standard InChI is InChI=1S/C16H21N5O2/c1-2-4-14(5-3-1)21-15(18-19-20-21)17-13-6-9-23-16(12-13)7-10-22-11-8-16/h1-5,13H,6-12H2,(H,17,18,20). The number of tetrazole rings is 1. The number of rotatable bonds is 3. The third-order valence-corrected chi connectivity index (χ3v) is 4.70. The molecule has 122 valence electrons. The Balaban J connectivity index is 1.49. The first kappa shape index (κ1) is 14.6. The van der Waals surface area contributed by atoms with Gasteiger partial charge in [-0.05, 0) is 48.2 Å². The zero-order chi connectivity index (χ0) is 15.5. The molecule has 2 aromatic rings. The summed E-state index contributed by atoms with van der Waals surface area (Å²) in [5, 5.41) is 15.6. The number of hydrogen-bond donors (Lipinski definition) is 1. The lowest BCUT2D eigenvalue weighted by atomic mass is 9.84. The fourth-order valence-electron chi connectivity index (χ4n) is 3.45. The molecule has 2 fully saturated rings. The van der Waals surface area contributed by atoms with Gasteiger partial charge in [-0.25, -0.2) is 0 Å². The first-order valence-corrected chi connectivity index (χ1v) is 8.17. The molecule has 0 radical (unpaired) electrons. The molecule has 2 aliphatic rings. The van der Waals surface area contributed by atoms with E-state index in [1.54, 1.807) is 4.68 Å². The quantitative estimate of drug-likeness (QED) is 0.931. The van der Waals surface area contributed by atoms with Crippen molar-refractivity contribution in [2.75, 3.05) is 25.1 Å². The van der Waals surface area contributed by atoms with Gasteiger partial charge in [-0.15, -0.1) is 0 Å². The van der Waals surface area contributed by atoms with E-state index in [9.17, 15) is 0 Å². The molecule has 0 saturated carbocycles. The van der Waals surface area contributed by atoms with Crippen LogP contribution in [0.1, 0.15) is 25.7 Å². The highest BCUT2D eigenvalue weighted by Gasteiger charge is 2.39. The summed E-state index contributed by atoms with van der Waals surface area (Å²) in [7, 11) is 0. The third kappa shape index (κ3) is 3.07. The highest BCUT2D eigenvalue weighted by molar-refractivity contribution is 5.39. The van der Waals surface area contributed by atoms with Crippen LogP contribution in [0.15, 0.2) is 30.3 Å². The summed E-state index contributed by atoms with van der Waals surface area (Å²) in [6.45, 7) is 2.34. The maximum Gasteiger partial charge on any atom is 0.247 e. The van der Waals surface area contributed by atoms with Crippen LogP contribution in [-0.2, 0) is 9.47 Å². The van der Waals surface area contributed by atoms with Crippen LogP contribution in [0, 0.1) is 0 Å². The maximum absolute atomic E-state index is 6.09. The summed E-state index contributed by atoms with van der Waals surface area (Å²) < 4.78 is 13.3. The van der Waals surface area contributed by atoms with Crippen molar-refractivity contribution in [3.05, 3.63) is 30.3 Å². The normalized spacial score (nSPS) is 23.7. The van der Waals surface area contributed by atoms with E-state index in [1.165, 1.54) is 0 Å². The largest absolute Gasteiger partial charge is 0.381 e. The number of aromatic nitrogens is 4. The van der Waals surface area contributed by atoms with Crippen LogP contribution in [0.4, 0.5) is 5.95 Å². The summed E-state index contributed by atoms with van der Waals surface area (Å²) in [4.78, 5) is 0. The molecule has 2 aliphatic heterocycles. The molecule has 0 aliphatic carbocycles. The number of anilines is 1. The first-order chi connectivity index (χ1) is 11.3. The molecule has 23 heavy (non-hydrogen) atoms. The maximum atomic E-state index is 6.09. The van der Waals surface area contributed by atoms with E-state index < -0.39 is 0 Å². The highest BCUT2D eigenvalue weighted by atomic mass is 16.5. The lowest BCUT2D eigenvalue weighted by molar-refractivity contribution is -0.135. The highest BCUT2D eigenvalue weighted by Crippen LogP contribution is 2.35. The molecule has 3 heterocycles. The Kier molecular flexibility index (Phi) is 3.97. The molecule has 1 N–H and O–H groups in total. The minimum Gasteiger partial charge on any atom is -0.381 e. The molecule has 7 heteroatoms. The van der Waals surface area contributed by atoms with Gasteiger partial charge in [0.2, 0.25) is 5.95 Å². The molecule has 0 bridgehead atoms. The van der Waals surface area contributed by atoms with Crippen molar-refractivity contribution in [1.29, 1.82) is 0 Å². The SMILES string of the molecule is c1ccc(-n2nnnc2NC2CCOC3(CCOCC3)C2)cc1. The van der Waals surface area contributed by atoms with Gasteiger partial charge in [0.1, 0.15) is 0 Å². The van der Waals surface area contributed by atoms with E-state index in [0.29, 0.717) is 12.0 Å². The molecule has 1 atom stereocenters. The second-order valence-corrected chi connectivity index (χ2v) is 6.23. The number of hydrogen-bond acceptors (Lipinski definition) is 6. The van der Waals surface area contributed by atoms with E-state index in [-0.39, 0.29) is 5.60 Å². The minimum atomic E-state index is -0.0425. The summed E-state index contributed by atoms with van der Waals surface area (Å²) >= 11 is 0. The van der Waals surface area contributed by atoms with Crippen LogP contribution in [0.2, 0.25) is 0 Å². The van der Waals surface area contributed by atoms with Crippen molar-refractivity contribution in [2.24, 2.45) is 0 Å². The molecule has 4 rings (SSSR count). The lowest BCUT2D eigenvalue weighted by Crippen LogP contribution is -2.48. The summed E-state index contributed by atoms with van der Waals surface area (Å²) in [6.07, 6.45) is 3.87. The van der Waals surface area contributed by atoms with Crippen molar-refractivity contribution in [2.45, 2.75) is 37.3 Å². The Morgan fingerprint density at radius 3 is 2.78 bits per heavy atom. The van der Waals surface area contributed by atoms with Gasteiger partial charge < -0.3 is 14.8 Å². The first-order valence-electron chi connectivity index (χ1n) is 8.17. The van der Waals surface area contributed by atoms with E-state index >= 15 is 0 Å². The van der Waals surface area contributed by atoms with E-state index in [4.69, 9.17) is 9.47 Å². The van der Waals surface area contributed by atoms with Crippen LogP contribution in [0.3, 0.4) is 0 Å². The second-order valence-electron chi connectivity index (χ2n) is 6.23. The van der Waals surface area contributed by atoms with Crippen molar-refractivity contribution < 1.29 is 9.47 Å². The molecule has 0 amide bonds. The Labute approximate surface area is 135 Å². The van der Waals surface area contributed by atoms with Crippen molar-refractivity contribution in [3.63, 3.8) is 0 Å². The predicted octanol–water partition coefficient (Wildman–Crippen LogP) is 1.80. The minimum absolute atomic E-state index is 0.0425. The van der Waals surface area contributed by atoms with E-state index in [1.807, 2.05) is 30.3 Å². The van der Waals surface area contributed by atoms with Gasteiger partial charge >= 0.3 is 0 Å². The number of nitrogens with one attached hydrogen (secondary N) is 1. The van der Waals surface area contributed by atoms with Crippen LogP contribution in [0.5, 0.6) is 0 Å². The third-order valence-electron chi connectivity index (χ3n) is 4.70. The molecule has 1 unspecified atom stereocenters. The Hall–Kier alpha value is -1.99. The zero-order valence-corrected chi connectivity index (χ0v) is 13.0. The van der Waals surface area contributed by atoms with Crippen LogP contribution >= 0.6 is 0 Å². The monoisotopic (exact) mass is 315 g/mol. The van der Waals surface area contributed by atoms with E-state index in [0.717, 1.165) is 51.2 Å². The van der Waals surface area contributed by atoms with Gasteiger partial charge in [0.05, 0.1) is 11.3 Å². The molecule has 1 aromatic heterocycles. The van der Waals surface area contributed by atoms with Gasteiger partial charge in [-0.3, -0.25) is 0 Å². The molecule has 7 nitrogen and oxygen atoms in total. The van der Waals surface area contributed by atoms with Crippen LogP contribution in [0.25, 0.3) is 5.69 Å². The molecule has 1 aromatic carbocycles. The van der Waals surface area contributed by atoms with Crippen molar-refractivity contribution in [3.8, 4) is 5.69 Å². The smallest absolute Gasteiger partial charge is 0.247 e. The van der Waals surface area contributed by atoms with E-state index in [2.05, 4.69) is 20.8 Å². The fourth-order valence-corrected chi connectivity index (χ4v) is 3.45. The van der Waals surface area contributed by atoms with Crippen LogP contribution < -0.4 is 5.32 Å². The summed E-state index contributed by atoms with van der Waals surface area (Å²) in [5.41, 5.74) is 0.909. The zero-order valence-electron chi connectivity index (χ0n) is 13.0. The topological polar surface area (TPSA) is 74.1 Å². The number of benzene rings is 1. The Morgan fingerprint density at radius 2 is 1.96 bits per heavy atom. The average Bonchev–Trinajstić information content (AvgIpc) is 3.04. The number of para-hydroxylation sites is 1. The molecule has 2 saturated heterocycles. The number of nitrogens with zero attached hydrogens (tertiary/aromatic N) is 4. The van der Waals surface area contributed by atoms with Gasteiger partial charge in [0.25, 0.3) is 0 Å². The van der Waals surface area contributed by atoms with Crippen molar-refractivity contribution in [1.82, 2.24) is 20.2 Å². The number of ether oxygens (including phenoxy) is 2. The van der Waals surface area contributed by atoms with Gasteiger partial charge in [0.15, 0.2) is 0 Å². The van der Waals surface area contributed by atoms with Gasteiger partial charge in [-0.2, -0.15) is 4.68 Å². The van der Waals surface area contributed by atoms with Crippen molar-refractivity contribution >= 4 is 5.95 Å². The predicted molar refractivity (Wildman–Crippen MR) is 84.5 cm³/mol.